The molecule has 1 aromatic heterocycles. The van der Waals surface area contributed by atoms with Crippen molar-refractivity contribution in [2.75, 3.05) is 19.7 Å². The maximum absolute atomic E-state index is 12.9. The number of benzene rings is 2. The Balaban J connectivity index is 1.98. The summed E-state index contributed by atoms with van der Waals surface area (Å²) in [4.78, 5) is 29.6. The summed E-state index contributed by atoms with van der Waals surface area (Å²) in [5, 5.41) is 0.513. The van der Waals surface area contributed by atoms with E-state index in [0.29, 0.717) is 15.3 Å². The fourth-order valence-electron chi connectivity index (χ4n) is 3.25. The lowest BCUT2D eigenvalue weighted by Gasteiger charge is -2.19. The largest absolute Gasteiger partial charge is 0.465 e. The number of fused-ring (bicyclic) bond motifs is 1. The number of sulfonamides is 1. The van der Waals surface area contributed by atoms with E-state index < -0.39 is 21.9 Å². The number of rotatable bonds is 10. The van der Waals surface area contributed by atoms with Crippen LogP contribution in [0, 0.1) is 0 Å². The number of esters is 1. The number of thiazole rings is 1. The molecular weight excluding hydrogens is 510 g/mol. The molecule has 35 heavy (non-hydrogen) atoms. The van der Waals surface area contributed by atoms with E-state index in [0.717, 1.165) is 4.70 Å². The minimum atomic E-state index is -3.79. The maximum atomic E-state index is 12.9. The van der Waals surface area contributed by atoms with Crippen LogP contribution in [0.1, 0.15) is 17.3 Å². The molecule has 0 aliphatic carbocycles. The zero-order valence-corrected chi connectivity index (χ0v) is 21.4. The SMILES string of the molecule is C=CCN(CC=C)S(=O)(=O)c1ccc(C(=O)N=c2sc3cc(Cl)ccc3n2CC(=O)OCC)cc1. The van der Waals surface area contributed by atoms with Crippen LogP contribution >= 0.6 is 22.9 Å². The standard InChI is InChI=1S/C24H24ClN3O5S2/c1-4-13-27(14-5-2)35(31,32)19-10-7-17(8-11-19)23(30)26-24-28(16-22(29)33-6-3)20-12-9-18(25)15-21(20)34-24/h4-5,7-12,15H,1-2,6,13-14,16H2,3H3. The number of carbonyl (C=O) groups is 2. The molecule has 0 radical (unpaired) electrons. The van der Waals surface area contributed by atoms with Gasteiger partial charge in [-0.25, -0.2) is 8.42 Å². The molecule has 0 aliphatic heterocycles. The fourth-order valence-corrected chi connectivity index (χ4v) is 5.93. The van der Waals surface area contributed by atoms with Gasteiger partial charge in [0.05, 0.1) is 21.7 Å². The molecule has 1 amide bonds. The summed E-state index contributed by atoms with van der Waals surface area (Å²) in [7, 11) is -3.79. The molecule has 2 aromatic carbocycles. The lowest BCUT2D eigenvalue weighted by Crippen LogP contribution is -2.31. The van der Waals surface area contributed by atoms with E-state index in [4.69, 9.17) is 16.3 Å². The summed E-state index contributed by atoms with van der Waals surface area (Å²) in [6, 6.07) is 10.7. The van der Waals surface area contributed by atoms with Crippen LogP contribution in [0.4, 0.5) is 0 Å². The van der Waals surface area contributed by atoms with Gasteiger partial charge in [0.2, 0.25) is 10.0 Å². The number of aromatic nitrogens is 1. The fraction of sp³-hybridized carbons (Fsp3) is 0.208. The molecule has 0 spiro atoms. The highest BCUT2D eigenvalue weighted by atomic mass is 35.5. The number of ether oxygens (including phenoxy) is 1. The molecule has 0 aliphatic rings. The average molecular weight is 534 g/mol. The minimum absolute atomic E-state index is 0.0339. The average Bonchev–Trinajstić information content (AvgIpc) is 3.14. The van der Waals surface area contributed by atoms with E-state index in [1.165, 1.54) is 52.1 Å². The van der Waals surface area contributed by atoms with Gasteiger partial charge < -0.3 is 9.30 Å². The Morgan fingerprint density at radius 3 is 2.40 bits per heavy atom. The smallest absolute Gasteiger partial charge is 0.326 e. The topological polar surface area (TPSA) is 98.0 Å². The third-order valence-corrected chi connectivity index (χ3v) is 7.96. The van der Waals surface area contributed by atoms with Crippen LogP contribution in [-0.4, -0.2) is 48.9 Å². The molecule has 0 saturated carbocycles. The van der Waals surface area contributed by atoms with Crippen molar-refractivity contribution >= 4 is 55.1 Å². The van der Waals surface area contributed by atoms with Crippen LogP contribution in [0.15, 0.2) is 77.7 Å². The molecule has 3 aromatic rings. The third kappa shape index (κ3) is 6.15. The van der Waals surface area contributed by atoms with Gasteiger partial charge in [-0.1, -0.05) is 35.1 Å². The van der Waals surface area contributed by atoms with Crippen LogP contribution in [0.3, 0.4) is 0 Å². The van der Waals surface area contributed by atoms with Crippen LogP contribution in [0.2, 0.25) is 5.02 Å². The van der Waals surface area contributed by atoms with Crippen molar-refractivity contribution in [3.63, 3.8) is 0 Å². The van der Waals surface area contributed by atoms with Gasteiger partial charge in [0, 0.05) is 23.7 Å². The van der Waals surface area contributed by atoms with Gasteiger partial charge in [0.15, 0.2) is 4.80 Å². The van der Waals surface area contributed by atoms with Crippen molar-refractivity contribution in [3.8, 4) is 0 Å². The van der Waals surface area contributed by atoms with Crippen molar-refractivity contribution in [2.24, 2.45) is 4.99 Å². The Morgan fingerprint density at radius 1 is 1.14 bits per heavy atom. The summed E-state index contributed by atoms with van der Waals surface area (Å²) >= 11 is 7.30. The van der Waals surface area contributed by atoms with Crippen molar-refractivity contribution in [1.29, 1.82) is 0 Å². The quantitative estimate of drug-likeness (QED) is 0.289. The van der Waals surface area contributed by atoms with Gasteiger partial charge in [-0.15, -0.1) is 13.2 Å². The first-order valence-electron chi connectivity index (χ1n) is 10.6. The maximum Gasteiger partial charge on any atom is 0.326 e. The molecule has 0 N–H and O–H groups in total. The molecule has 0 fully saturated rings. The number of nitrogens with zero attached hydrogens (tertiary/aromatic N) is 3. The van der Waals surface area contributed by atoms with Gasteiger partial charge in [-0.05, 0) is 49.4 Å². The second-order valence-corrected chi connectivity index (χ2v) is 10.6. The number of hydrogen-bond acceptors (Lipinski definition) is 6. The Morgan fingerprint density at radius 2 is 1.80 bits per heavy atom. The first-order valence-corrected chi connectivity index (χ1v) is 13.2. The predicted molar refractivity (Wildman–Crippen MR) is 137 cm³/mol. The van der Waals surface area contributed by atoms with E-state index in [-0.39, 0.29) is 36.7 Å². The molecule has 11 heteroatoms. The van der Waals surface area contributed by atoms with Crippen LogP contribution in [0.25, 0.3) is 10.2 Å². The highest BCUT2D eigenvalue weighted by Crippen LogP contribution is 2.22. The van der Waals surface area contributed by atoms with E-state index >= 15 is 0 Å². The molecule has 184 valence electrons. The van der Waals surface area contributed by atoms with Gasteiger partial charge in [0.25, 0.3) is 5.91 Å². The van der Waals surface area contributed by atoms with Crippen LogP contribution < -0.4 is 4.80 Å². The summed E-state index contributed by atoms with van der Waals surface area (Å²) in [6.45, 7) is 9.24. The normalized spacial score (nSPS) is 12.1. The molecule has 0 bridgehead atoms. The van der Waals surface area contributed by atoms with Crippen molar-refractivity contribution < 1.29 is 22.7 Å². The second-order valence-electron chi connectivity index (χ2n) is 7.23. The highest BCUT2D eigenvalue weighted by Gasteiger charge is 2.22. The van der Waals surface area contributed by atoms with E-state index in [2.05, 4.69) is 18.2 Å². The lowest BCUT2D eigenvalue weighted by atomic mass is 10.2. The Hall–Kier alpha value is -3.05. The number of amides is 1. The summed E-state index contributed by atoms with van der Waals surface area (Å²) in [6.07, 6.45) is 2.98. The Kier molecular flexibility index (Phi) is 8.79. The minimum Gasteiger partial charge on any atom is -0.465 e. The first kappa shape index (κ1) is 26.6. The van der Waals surface area contributed by atoms with E-state index in [1.807, 2.05) is 0 Å². The molecule has 3 rings (SSSR count). The van der Waals surface area contributed by atoms with Crippen molar-refractivity contribution in [3.05, 3.63) is 83.2 Å². The molecule has 0 atom stereocenters. The molecule has 0 saturated heterocycles. The Labute approximate surface area is 212 Å². The summed E-state index contributed by atoms with van der Waals surface area (Å²) < 4.78 is 34.4. The number of carbonyl (C=O) groups excluding carboxylic acids is 2. The van der Waals surface area contributed by atoms with E-state index in [1.54, 1.807) is 29.7 Å². The molecule has 1 heterocycles. The number of halogens is 1. The first-order chi connectivity index (χ1) is 16.7. The lowest BCUT2D eigenvalue weighted by molar-refractivity contribution is -0.143. The van der Waals surface area contributed by atoms with Gasteiger partial charge >= 0.3 is 5.97 Å². The third-order valence-electron chi connectivity index (χ3n) is 4.84. The van der Waals surface area contributed by atoms with Crippen LogP contribution in [0.5, 0.6) is 0 Å². The molecule has 8 nitrogen and oxygen atoms in total. The monoisotopic (exact) mass is 533 g/mol. The van der Waals surface area contributed by atoms with Crippen molar-refractivity contribution in [2.45, 2.75) is 18.4 Å². The predicted octanol–water partition coefficient (Wildman–Crippen LogP) is 4.02. The summed E-state index contributed by atoms with van der Waals surface area (Å²) in [5.74, 6) is -1.05. The van der Waals surface area contributed by atoms with E-state index in [9.17, 15) is 18.0 Å². The molecular formula is C24H24ClN3O5S2. The Bertz CT molecular complexity index is 1430. The van der Waals surface area contributed by atoms with Crippen molar-refractivity contribution in [1.82, 2.24) is 8.87 Å². The van der Waals surface area contributed by atoms with Gasteiger partial charge in [-0.2, -0.15) is 9.30 Å². The second kappa shape index (κ2) is 11.6. The molecule has 0 unspecified atom stereocenters. The zero-order chi connectivity index (χ0) is 25.6. The van der Waals surface area contributed by atoms with Gasteiger partial charge in [0.1, 0.15) is 6.54 Å². The summed E-state index contributed by atoms with van der Waals surface area (Å²) in [5.41, 5.74) is 0.881. The highest BCUT2D eigenvalue weighted by molar-refractivity contribution is 7.89. The zero-order valence-electron chi connectivity index (χ0n) is 19.0. The van der Waals surface area contributed by atoms with Crippen LogP contribution in [-0.2, 0) is 26.1 Å². The number of hydrogen-bond donors (Lipinski definition) is 0. The van der Waals surface area contributed by atoms with Gasteiger partial charge in [-0.3, -0.25) is 9.59 Å².